The molecule has 0 spiro atoms. The van der Waals surface area contributed by atoms with E-state index < -0.39 is 6.10 Å². The second-order valence-corrected chi connectivity index (χ2v) is 5.76. The van der Waals surface area contributed by atoms with Crippen LogP contribution in [0.5, 0.6) is 5.75 Å². The number of carbonyl (C=O) groups is 1. The van der Waals surface area contributed by atoms with Gasteiger partial charge in [-0.05, 0) is 49.4 Å². The molecule has 0 saturated heterocycles. The number of benzene rings is 1. The molecule has 0 aliphatic heterocycles. The summed E-state index contributed by atoms with van der Waals surface area (Å²) in [4.78, 5) is 11.9. The van der Waals surface area contributed by atoms with Gasteiger partial charge in [0.1, 0.15) is 5.75 Å². The lowest BCUT2D eigenvalue weighted by atomic mass is 10.1. The van der Waals surface area contributed by atoms with E-state index in [0.717, 1.165) is 44.4 Å². The van der Waals surface area contributed by atoms with E-state index in [-0.39, 0.29) is 11.9 Å². The van der Waals surface area contributed by atoms with E-state index in [9.17, 15) is 4.79 Å². The van der Waals surface area contributed by atoms with Crippen molar-refractivity contribution in [2.75, 3.05) is 6.54 Å². The van der Waals surface area contributed by atoms with E-state index in [1.54, 1.807) is 6.92 Å². The largest absolute Gasteiger partial charge is 0.481 e. The van der Waals surface area contributed by atoms with Crippen LogP contribution in [0, 0.1) is 0 Å². The number of hydrogen-bond donors (Lipinski definition) is 2. The highest BCUT2D eigenvalue weighted by Crippen LogP contribution is 2.32. The fourth-order valence-corrected chi connectivity index (χ4v) is 2.69. The Morgan fingerprint density at radius 1 is 1.48 bits per heavy atom. The fourth-order valence-electron chi connectivity index (χ4n) is 2.69. The van der Waals surface area contributed by atoms with Gasteiger partial charge in [0.05, 0.1) is 0 Å². The molecule has 0 radical (unpaired) electrons. The molecule has 116 valence electrons. The van der Waals surface area contributed by atoms with Crippen LogP contribution in [0.4, 0.5) is 0 Å². The van der Waals surface area contributed by atoms with Crippen LogP contribution in [0.3, 0.4) is 0 Å². The van der Waals surface area contributed by atoms with Crippen LogP contribution >= 0.6 is 0 Å². The van der Waals surface area contributed by atoms with Crippen LogP contribution in [-0.4, -0.2) is 18.6 Å². The molecule has 0 heterocycles. The van der Waals surface area contributed by atoms with Crippen LogP contribution in [0.2, 0.25) is 0 Å². The van der Waals surface area contributed by atoms with Crippen molar-refractivity contribution in [2.45, 2.75) is 58.1 Å². The van der Waals surface area contributed by atoms with Gasteiger partial charge in [-0.3, -0.25) is 4.79 Å². The Hall–Kier alpha value is -1.55. The molecule has 2 rings (SSSR count). The van der Waals surface area contributed by atoms with Crippen LogP contribution in [-0.2, 0) is 11.2 Å². The predicted octanol–water partition coefficient (Wildman–Crippen LogP) is 2.71. The SMILES string of the molecule is CCCCCNC(=O)C(C)Oc1ccc2c(c1)CCC2N. The summed E-state index contributed by atoms with van der Waals surface area (Å²) >= 11 is 0. The Morgan fingerprint density at radius 3 is 3.05 bits per heavy atom. The standard InChI is InChI=1S/C17H26N2O2/c1-3-4-5-10-19-17(20)12(2)21-14-7-8-15-13(11-14)6-9-16(15)18/h7-8,11-12,16H,3-6,9-10,18H2,1-2H3,(H,19,20). The second kappa shape index (κ2) is 7.46. The summed E-state index contributed by atoms with van der Waals surface area (Å²) in [5.74, 6) is 0.697. The number of unbranched alkanes of at least 4 members (excludes halogenated alkanes) is 2. The van der Waals surface area contributed by atoms with Gasteiger partial charge in [-0.25, -0.2) is 0 Å². The van der Waals surface area contributed by atoms with Gasteiger partial charge in [0.2, 0.25) is 0 Å². The number of rotatable bonds is 7. The minimum atomic E-state index is -0.472. The third-order valence-electron chi connectivity index (χ3n) is 4.00. The molecular formula is C17H26N2O2. The zero-order valence-electron chi connectivity index (χ0n) is 13.0. The molecule has 0 fully saturated rings. The third kappa shape index (κ3) is 4.21. The van der Waals surface area contributed by atoms with Gasteiger partial charge >= 0.3 is 0 Å². The van der Waals surface area contributed by atoms with Gasteiger partial charge in [0, 0.05) is 12.6 Å². The number of ether oxygens (including phenoxy) is 1. The summed E-state index contributed by atoms with van der Waals surface area (Å²) < 4.78 is 5.74. The topological polar surface area (TPSA) is 64.3 Å². The van der Waals surface area contributed by atoms with Crippen LogP contribution in [0.25, 0.3) is 0 Å². The molecule has 0 saturated carbocycles. The van der Waals surface area contributed by atoms with Crippen LogP contribution in [0.15, 0.2) is 18.2 Å². The van der Waals surface area contributed by atoms with Crippen LogP contribution in [0.1, 0.15) is 56.7 Å². The van der Waals surface area contributed by atoms with E-state index in [0.29, 0.717) is 0 Å². The smallest absolute Gasteiger partial charge is 0.260 e. The normalized spacial score (nSPS) is 18.1. The first-order valence-electron chi connectivity index (χ1n) is 7.94. The Labute approximate surface area is 127 Å². The average molecular weight is 290 g/mol. The van der Waals surface area contributed by atoms with Crippen molar-refractivity contribution in [1.29, 1.82) is 0 Å². The quantitative estimate of drug-likeness (QED) is 0.759. The Kier molecular flexibility index (Phi) is 5.62. The van der Waals surface area contributed by atoms with Gasteiger partial charge in [-0.15, -0.1) is 0 Å². The molecule has 2 atom stereocenters. The van der Waals surface area contributed by atoms with Gasteiger partial charge in [-0.2, -0.15) is 0 Å². The Bertz CT molecular complexity index is 488. The highest BCUT2D eigenvalue weighted by molar-refractivity contribution is 5.80. The van der Waals surface area contributed by atoms with Crippen molar-refractivity contribution in [3.05, 3.63) is 29.3 Å². The summed E-state index contributed by atoms with van der Waals surface area (Å²) in [5.41, 5.74) is 8.47. The Morgan fingerprint density at radius 2 is 2.29 bits per heavy atom. The number of aryl methyl sites for hydroxylation is 1. The van der Waals surface area contributed by atoms with Crippen molar-refractivity contribution >= 4 is 5.91 Å². The Balaban J connectivity index is 1.85. The monoisotopic (exact) mass is 290 g/mol. The summed E-state index contributed by atoms with van der Waals surface area (Å²) in [6.45, 7) is 4.65. The molecule has 0 bridgehead atoms. The predicted molar refractivity (Wildman–Crippen MR) is 84.3 cm³/mol. The lowest BCUT2D eigenvalue weighted by Gasteiger charge is -2.15. The summed E-state index contributed by atoms with van der Waals surface area (Å²) in [7, 11) is 0. The van der Waals surface area contributed by atoms with E-state index in [1.807, 2.05) is 18.2 Å². The first-order valence-corrected chi connectivity index (χ1v) is 7.94. The molecule has 2 unspecified atom stereocenters. The van der Waals surface area contributed by atoms with Gasteiger partial charge in [-0.1, -0.05) is 25.8 Å². The van der Waals surface area contributed by atoms with Gasteiger partial charge in [0.25, 0.3) is 5.91 Å². The molecule has 4 nitrogen and oxygen atoms in total. The molecule has 1 aromatic rings. The minimum Gasteiger partial charge on any atom is -0.481 e. The van der Waals surface area contributed by atoms with Crippen molar-refractivity contribution in [2.24, 2.45) is 5.73 Å². The van der Waals surface area contributed by atoms with Gasteiger partial charge < -0.3 is 15.8 Å². The molecule has 1 amide bonds. The van der Waals surface area contributed by atoms with Crippen molar-refractivity contribution in [1.82, 2.24) is 5.32 Å². The molecular weight excluding hydrogens is 264 g/mol. The lowest BCUT2D eigenvalue weighted by Crippen LogP contribution is -2.36. The first-order chi connectivity index (χ1) is 10.1. The molecule has 3 N–H and O–H groups in total. The zero-order valence-corrected chi connectivity index (χ0v) is 13.0. The van der Waals surface area contributed by atoms with Crippen molar-refractivity contribution < 1.29 is 9.53 Å². The maximum absolute atomic E-state index is 11.9. The maximum Gasteiger partial charge on any atom is 0.260 e. The fraction of sp³-hybridized carbons (Fsp3) is 0.588. The number of fused-ring (bicyclic) bond motifs is 1. The van der Waals surface area contributed by atoms with Gasteiger partial charge in [0.15, 0.2) is 6.10 Å². The highest BCUT2D eigenvalue weighted by Gasteiger charge is 2.20. The highest BCUT2D eigenvalue weighted by atomic mass is 16.5. The van der Waals surface area contributed by atoms with E-state index in [4.69, 9.17) is 10.5 Å². The number of nitrogens with one attached hydrogen (secondary N) is 1. The molecule has 1 aromatic carbocycles. The number of hydrogen-bond acceptors (Lipinski definition) is 3. The third-order valence-corrected chi connectivity index (χ3v) is 4.00. The first kappa shape index (κ1) is 15.8. The van der Waals surface area contributed by atoms with E-state index >= 15 is 0 Å². The maximum atomic E-state index is 11.9. The van der Waals surface area contributed by atoms with Crippen molar-refractivity contribution in [3.63, 3.8) is 0 Å². The molecule has 0 aromatic heterocycles. The average Bonchev–Trinajstić information content (AvgIpc) is 2.84. The molecule has 1 aliphatic rings. The van der Waals surface area contributed by atoms with E-state index in [1.165, 1.54) is 11.1 Å². The van der Waals surface area contributed by atoms with Crippen LogP contribution < -0.4 is 15.8 Å². The zero-order chi connectivity index (χ0) is 15.2. The van der Waals surface area contributed by atoms with E-state index in [2.05, 4.69) is 12.2 Å². The summed E-state index contributed by atoms with van der Waals surface area (Å²) in [6.07, 6.45) is 4.82. The second-order valence-electron chi connectivity index (χ2n) is 5.76. The molecule has 4 heteroatoms. The summed E-state index contributed by atoms with van der Waals surface area (Å²) in [6, 6.07) is 6.09. The number of nitrogens with two attached hydrogens (primary N) is 1. The number of amides is 1. The summed E-state index contributed by atoms with van der Waals surface area (Å²) in [5, 5.41) is 2.91. The molecule has 1 aliphatic carbocycles. The minimum absolute atomic E-state index is 0.0525. The van der Waals surface area contributed by atoms with Crippen molar-refractivity contribution in [3.8, 4) is 5.75 Å². The lowest BCUT2D eigenvalue weighted by molar-refractivity contribution is -0.127. The molecule has 21 heavy (non-hydrogen) atoms. The number of carbonyl (C=O) groups excluding carboxylic acids is 1.